The average Bonchev–Trinajstić information content (AvgIpc) is 3.14. The lowest BCUT2D eigenvalue weighted by atomic mass is 10.2. The van der Waals surface area contributed by atoms with Gasteiger partial charge in [-0.2, -0.15) is 4.98 Å². The minimum Gasteiger partial charge on any atom is -0.454 e. The van der Waals surface area contributed by atoms with E-state index in [1.54, 1.807) is 0 Å². The molecular weight excluding hydrogens is 340 g/mol. The lowest BCUT2D eigenvalue weighted by Crippen LogP contribution is -2.19. The molecule has 1 aliphatic rings. The Bertz CT molecular complexity index is 931. The summed E-state index contributed by atoms with van der Waals surface area (Å²) in [5.41, 5.74) is 3.25. The van der Waals surface area contributed by atoms with Crippen LogP contribution in [0.1, 0.15) is 16.8 Å². The first-order valence-electron chi connectivity index (χ1n) is 8.90. The molecule has 6 heteroatoms. The molecule has 0 bridgehead atoms. The van der Waals surface area contributed by atoms with Crippen LogP contribution in [0.4, 0.5) is 11.8 Å². The molecule has 6 nitrogen and oxygen atoms in total. The molecule has 0 fully saturated rings. The topological polar surface area (TPSA) is 59.5 Å². The fraction of sp³-hybridized carbons (Fsp3) is 0.238. The summed E-state index contributed by atoms with van der Waals surface area (Å²) in [6.07, 6.45) is 0. The second-order valence-corrected chi connectivity index (χ2v) is 6.57. The van der Waals surface area contributed by atoms with Gasteiger partial charge in [-0.05, 0) is 30.2 Å². The van der Waals surface area contributed by atoms with Crippen molar-refractivity contribution in [2.75, 3.05) is 24.1 Å². The number of aryl methyl sites for hydroxylation is 1. The summed E-state index contributed by atoms with van der Waals surface area (Å²) in [7, 11) is 2.04. The molecule has 1 N–H and O–H groups in total. The van der Waals surface area contributed by atoms with Gasteiger partial charge in [0.25, 0.3) is 0 Å². The molecule has 1 aliphatic heterocycles. The molecule has 4 rings (SSSR count). The normalized spacial score (nSPS) is 12.1. The molecule has 0 unspecified atom stereocenters. The summed E-state index contributed by atoms with van der Waals surface area (Å²) < 4.78 is 10.8. The lowest BCUT2D eigenvalue weighted by Gasteiger charge is -2.19. The van der Waals surface area contributed by atoms with E-state index in [1.165, 1.54) is 5.56 Å². The van der Waals surface area contributed by atoms with Crippen molar-refractivity contribution in [3.05, 3.63) is 71.4 Å². The number of hydrogen-bond donors (Lipinski definition) is 1. The molecule has 0 amide bonds. The van der Waals surface area contributed by atoms with Crippen molar-refractivity contribution < 1.29 is 9.47 Å². The smallest absolute Gasteiger partial charge is 0.231 e. The van der Waals surface area contributed by atoms with Gasteiger partial charge < -0.3 is 19.7 Å². The highest BCUT2D eigenvalue weighted by molar-refractivity contribution is 5.47. The molecule has 0 spiro atoms. The van der Waals surface area contributed by atoms with Crippen LogP contribution in [-0.2, 0) is 13.1 Å². The van der Waals surface area contributed by atoms with Gasteiger partial charge in [-0.15, -0.1) is 0 Å². The summed E-state index contributed by atoms with van der Waals surface area (Å²) in [5.74, 6) is 3.07. The number of rotatable bonds is 6. The van der Waals surface area contributed by atoms with E-state index >= 15 is 0 Å². The molecule has 0 saturated heterocycles. The quantitative estimate of drug-likeness (QED) is 0.720. The Morgan fingerprint density at radius 1 is 0.963 bits per heavy atom. The Balaban J connectivity index is 1.45. The van der Waals surface area contributed by atoms with Crippen LogP contribution in [0.25, 0.3) is 0 Å². The third kappa shape index (κ3) is 4.11. The van der Waals surface area contributed by atoms with Crippen LogP contribution in [0.2, 0.25) is 0 Å². The number of fused-ring (bicyclic) bond motifs is 1. The molecule has 3 aromatic rings. The monoisotopic (exact) mass is 362 g/mol. The molecule has 0 saturated carbocycles. The largest absolute Gasteiger partial charge is 0.454 e. The first-order valence-corrected chi connectivity index (χ1v) is 8.90. The molecule has 0 atom stereocenters. The molecule has 2 aromatic carbocycles. The van der Waals surface area contributed by atoms with Gasteiger partial charge in [0.05, 0.1) is 0 Å². The molecule has 27 heavy (non-hydrogen) atoms. The maximum Gasteiger partial charge on any atom is 0.231 e. The summed E-state index contributed by atoms with van der Waals surface area (Å²) in [5, 5.41) is 3.31. The van der Waals surface area contributed by atoms with E-state index in [0.717, 1.165) is 35.1 Å². The molecule has 0 radical (unpaired) electrons. The Hall–Kier alpha value is -3.28. The van der Waals surface area contributed by atoms with Gasteiger partial charge in [0.1, 0.15) is 5.82 Å². The fourth-order valence-electron chi connectivity index (χ4n) is 3.00. The van der Waals surface area contributed by atoms with Crippen molar-refractivity contribution in [1.82, 2.24) is 9.97 Å². The highest BCUT2D eigenvalue weighted by Crippen LogP contribution is 2.32. The van der Waals surface area contributed by atoms with Crippen LogP contribution in [0.15, 0.2) is 54.6 Å². The number of ether oxygens (including phenoxy) is 2. The molecular formula is C21H22N4O2. The number of benzene rings is 2. The number of anilines is 2. The second kappa shape index (κ2) is 7.53. The Kier molecular flexibility index (Phi) is 4.78. The van der Waals surface area contributed by atoms with Gasteiger partial charge in [-0.1, -0.05) is 36.4 Å². The van der Waals surface area contributed by atoms with Crippen molar-refractivity contribution in [1.29, 1.82) is 0 Å². The van der Waals surface area contributed by atoms with Crippen molar-refractivity contribution in [3.63, 3.8) is 0 Å². The molecule has 138 valence electrons. The van der Waals surface area contributed by atoms with E-state index in [0.29, 0.717) is 12.5 Å². The van der Waals surface area contributed by atoms with Crippen LogP contribution in [0, 0.1) is 6.92 Å². The van der Waals surface area contributed by atoms with Gasteiger partial charge in [-0.25, -0.2) is 4.98 Å². The molecule has 2 heterocycles. The number of hydrogen-bond acceptors (Lipinski definition) is 6. The van der Waals surface area contributed by atoms with E-state index in [4.69, 9.17) is 9.47 Å². The third-order valence-corrected chi connectivity index (χ3v) is 4.38. The summed E-state index contributed by atoms with van der Waals surface area (Å²) >= 11 is 0. The zero-order valence-electron chi connectivity index (χ0n) is 15.5. The second-order valence-electron chi connectivity index (χ2n) is 6.57. The Labute approximate surface area is 158 Å². The van der Waals surface area contributed by atoms with Gasteiger partial charge >= 0.3 is 0 Å². The van der Waals surface area contributed by atoms with Crippen molar-refractivity contribution >= 4 is 11.8 Å². The number of nitrogens with one attached hydrogen (secondary N) is 1. The highest BCUT2D eigenvalue weighted by atomic mass is 16.7. The Morgan fingerprint density at radius 3 is 2.63 bits per heavy atom. The maximum absolute atomic E-state index is 5.43. The standard InChI is InChI=1S/C21H22N4O2/c1-15-10-20(25(2)13-16-6-4-3-5-7-16)24-21(23-15)22-12-17-8-9-18-19(11-17)27-14-26-18/h3-11H,12-14H2,1-2H3,(H,22,23,24). The zero-order chi connectivity index (χ0) is 18.6. The SMILES string of the molecule is Cc1cc(N(C)Cc2ccccc2)nc(NCc2ccc3c(c2)OCO3)n1. The van der Waals surface area contributed by atoms with E-state index in [2.05, 4.69) is 32.3 Å². The van der Waals surface area contributed by atoms with Gasteiger partial charge in [0.2, 0.25) is 12.7 Å². The summed E-state index contributed by atoms with van der Waals surface area (Å²) in [6, 6.07) is 18.3. The Morgan fingerprint density at radius 2 is 1.78 bits per heavy atom. The van der Waals surface area contributed by atoms with Gasteiger partial charge in [-0.3, -0.25) is 0 Å². The average molecular weight is 362 g/mol. The molecule has 0 aliphatic carbocycles. The summed E-state index contributed by atoms with van der Waals surface area (Å²) in [4.78, 5) is 11.3. The predicted octanol–water partition coefficient (Wildman–Crippen LogP) is 3.76. The van der Waals surface area contributed by atoms with E-state index < -0.39 is 0 Å². The van der Waals surface area contributed by atoms with Crippen molar-refractivity contribution in [2.45, 2.75) is 20.0 Å². The lowest BCUT2D eigenvalue weighted by molar-refractivity contribution is 0.174. The van der Waals surface area contributed by atoms with Crippen LogP contribution < -0.4 is 19.7 Å². The van der Waals surface area contributed by atoms with Crippen LogP contribution in [-0.4, -0.2) is 23.8 Å². The van der Waals surface area contributed by atoms with E-state index in [-0.39, 0.29) is 6.79 Å². The number of nitrogens with zero attached hydrogens (tertiary/aromatic N) is 3. The highest BCUT2D eigenvalue weighted by Gasteiger charge is 2.13. The van der Waals surface area contributed by atoms with Crippen LogP contribution >= 0.6 is 0 Å². The molecule has 1 aromatic heterocycles. The number of aromatic nitrogens is 2. The predicted molar refractivity (Wildman–Crippen MR) is 105 cm³/mol. The minimum absolute atomic E-state index is 0.282. The van der Waals surface area contributed by atoms with Crippen molar-refractivity contribution in [3.8, 4) is 11.5 Å². The van der Waals surface area contributed by atoms with E-state index in [9.17, 15) is 0 Å². The van der Waals surface area contributed by atoms with Gasteiger partial charge in [0, 0.05) is 31.9 Å². The van der Waals surface area contributed by atoms with E-state index in [1.807, 2.05) is 56.4 Å². The minimum atomic E-state index is 0.282. The van der Waals surface area contributed by atoms with Crippen molar-refractivity contribution in [2.24, 2.45) is 0 Å². The zero-order valence-corrected chi connectivity index (χ0v) is 15.5. The first kappa shape index (κ1) is 17.1. The van der Waals surface area contributed by atoms with Crippen LogP contribution in [0.5, 0.6) is 11.5 Å². The van der Waals surface area contributed by atoms with Crippen LogP contribution in [0.3, 0.4) is 0 Å². The fourth-order valence-corrected chi connectivity index (χ4v) is 3.00. The maximum atomic E-state index is 5.43. The first-order chi connectivity index (χ1) is 13.2. The van der Waals surface area contributed by atoms with Gasteiger partial charge in [0.15, 0.2) is 11.5 Å². The third-order valence-electron chi connectivity index (χ3n) is 4.38. The summed E-state index contributed by atoms with van der Waals surface area (Å²) in [6.45, 7) is 3.67.